The Morgan fingerprint density at radius 3 is 2.82 bits per heavy atom. The maximum absolute atomic E-state index is 5.99. The Balaban J connectivity index is 2.46. The predicted molar refractivity (Wildman–Crippen MR) is 65.9 cm³/mol. The van der Waals surface area contributed by atoms with E-state index in [1.165, 1.54) is 0 Å². The molecule has 1 aromatic heterocycles. The Kier molecular flexibility index (Phi) is 3.68. The van der Waals surface area contributed by atoms with Gasteiger partial charge in [-0.3, -0.25) is 5.84 Å². The highest BCUT2D eigenvalue weighted by molar-refractivity contribution is 6.30. The molecule has 1 heterocycles. The lowest BCUT2D eigenvalue weighted by Crippen LogP contribution is -2.28. The van der Waals surface area contributed by atoms with Gasteiger partial charge >= 0.3 is 0 Å². The van der Waals surface area contributed by atoms with Crippen LogP contribution in [0.1, 0.15) is 17.2 Å². The van der Waals surface area contributed by atoms with Crippen molar-refractivity contribution in [2.24, 2.45) is 5.84 Å². The number of halogens is 1. The minimum Gasteiger partial charge on any atom is -0.496 e. The van der Waals surface area contributed by atoms with Gasteiger partial charge in [0.05, 0.1) is 25.7 Å². The normalized spacial score (nSPS) is 12.4. The van der Waals surface area contributed by atoms with Crippen LogP contribution < -0.4 is 16.0 Å². The molecule has 2 aromatic rings. The van der Waals surface area contributed by atoms with Gasteiger partial charge in [-0.2, -0.15) is 0 Å². The molecule has 17 heavy (non-hydrogen) atoms. The molecule has 0 spiro atoms. The van der Waals surface area contributed by atoms with Crippen LogP contribution in [-0.2, 0) is 0 Å². The Hall–Kier alpha value is -1.49. The molecular formula is C12H13ClN2O2. The summed E-state index contributed by atoms with van der Waals surface area (Å²) in [5, 5.41) is 0.629. The van der Waals surface area contributed by atoms with Crippen molar-refractivity contribution in [1.82, 2.24) is 5.43 Å². The van der Waals surface area contributed by atoms with E-state index < -0.39 is 0 Å². The summed E-state index contributed by atoms with van der Waals surface area (Å²) in [6.07, 6.45) is 3.22. The van der Waals surface area contributed by atoms with Gasteiger partial charge in [-0.25, -0.2) is 5.43 Å². The number of hydrogen-bond acceptors (Lipinski definition) is 4. The first-order valence-corrected chi connectivity index (χ1v) is 5.45. The summed E-state index contributed by atoms with van der Waals surface area (Å²) in [6, 6.07) is 7.01. The average Bonchev–Trinajstić information content (AvgIpc) is 2.84. The van der Waals surface area contributed by atoms with E-state index in [1.807, 2.05) is 18.2 Å². The quantitative estimate of drug-likeness (QED) is 0.648. The predicted octanol–water partition coefficient (Wildman–Crippen LogP) is 2.49. The molecule has 4 nitrogen and oxygen atoms in total. The number of nitrogens with one attached hydrogen (secondary N) is 1. The van der Waals surface area contributed by atoms with Crippen LogP contribution in [0.5, 0.6) is 5.75 Å². The molecule has 90 valence electrons. The lowest BCUT2D eigenvalue weighted by molar-refractivity contribution is 0.404. The summed E-state index contributed by atoms with van der Waals surface area (Å²) in [5.74, 6) is 6.30. The summed E-state index contributed by atoms with van der Waals surface area (Å²) in [4.78, 5) is 0. The summed E-state index contributed by atoms with van der Waals surface area (Å²) in [6.45, 7) is 0. The van der Waals surface area contributed by atoms with Crippen LogP contribution in [0, 0.1) is 0 Å². The van der Waals surface area contributed by atoms with E-state index in [-0.39, 0.29) is 6.04 Å². The highest BCUT2D eigenvalue weighted by atomic mass is 35.5. The van der Waals surface area contributed by atoms with Crippen LogP contribution in [0.3, 0.4) is 0 Å². The van der Waals surface area contributed by atoms with Crippen molar-refractivity contribution in [3.63, 3.8) is 0 Å². The molecule has 0 saturated heterocycles. The third-order valence-corrected chi connectivity index (χ3v) is 2.78. The monoisotopic (exact) mass is 252 g/mol. The number of furan rings is 1. The minimum atomic E-state index is -0.220. The second kappa shape index (κ2) is 5.23. The van der Waals surface area contributed by atoms with Crippen molar-refractivity contribution in [2.75, 3.05) is 7.11 Å². The number of hydrazine groups is 1. The van der Waals surface area contributed by atoms with Gasteiger partial charge < -0.3 is 9.15 Å². The van der Waals surface area contributed by atoms with Crippen molar-refractivity contribution in [2.45, 2.75) is 6.04 Å². The molecule has 0 radical (unpaired) electrons. The minimum absolute atomic E-state index is 0.220. The maximum Gasteiger partial charge on any atom is 0.124 e. The molecule has 2 rings (SSSR count). The fraction of sp³-hybridized carbons (Fsp3) is 0.167. The molecule has 3 N–H and O–H groups in total. The Bertz CT molecular complexity index is 485. The van der Waals surface area contributed by atoms with Crippen molar-refractivity contribution in [3.05, 3.63) is 52.9 Å². The fourth-order valence-electron chi connectivity index (χ4n) is 1.74. The van der Waals surface area contributed by atoms with Gasteiger partial charge in [-0.1, -0.05) is 11.6 Å². The van der Waals surface area contributed by atoms with Crippen molar-refractivity contribution in [1.29, 1.82) is 0 Å². The maximum atomic E-state index is 5.99. The molecule has 1 unspecified atom stereocenters. The SMILES string of the molecule is COc1ccc(Cl)cc1C(NN)c1ccoc1. The highest BCUT2D eigenvalue weighted by Crippen LogP contribution is 2.31. The van der Waals surface area contributed by atoms with Gasteiger partial charge in [-0.05, 0) is 24.3 Å². The second-order valence-electron chi connectivity index (χ2n) is 3.54. The van der Waals surface area contributed by atoms with Crippen LogP contribution in [0.4, 0.5) is 0 Å². The molecule has 0 bridgehead atoms. The van der Waals surface area contributed by atoms with Gasteiger partial charge in [0.1, 0.15) is 5.75 Å². The van der Waals surface area contributed by atoms with Crippen LogP contribution in [-0.4, -0.2) is 7.11 Å². The van der Waals surface area contributed by atoms with Crippen molar-refractivity contribution < 1.29 is 9.15 Å². The van der Waals surface area contributed by atoms with Gasteiger partial charge in [0, 0.05) is 16.1 Å². The number of benzene rings is 1. The topological polar surface area (TPSA) is 60.4 Å². The molecule has 0 aliphatic rings. The van der Waals surface area contributed by atoms with Gasteiger partial charge in [-0.15, -0.1) is 0 Å². The molecule has 1 atom stereocenters. The summed E-state index contributed by atoms with van der Waals surface area (Å²) in [7, 11) is 1.61. The molecule has 0 saturated carbocycles. The Morgan fingerprint density at radius 1 is 1.41 bits per heavy atom. The Labute approximate surface area is 104 Å². The van der Waals surface area contributed by atoms with E-state index in [9.17, 15) is 0 Å². The molecule has 5 heteroatoms. The molecule has 0 fully saturated rings. The van der Waals surface area contributed by atoms with Gasteiger partial charge in [0.15, 0.2) is 0 Å². The molecular weight excluding hydrogens is 240 g/mol. The van der Waals surface area contributed by atoms with E-state index >= 15 is 0 Å². The number of hydrogen-bond donors (Lipinski definition) is 2. The zero-order chi connectivity index (χ0) is 12.3. The molecule has 0 amide bonds. The van der Waals surface area contributed by atoms with Crippen LogP contribution in [0.25, 0.3) is 0 Å². The Morgan fingerprint density at radius 2 is 2.24 bits per heavy atom. The lowest BCUT2D eigenvalue weighted by atomic mass is 10.0. The van der Waals surface area contributed by atoms with E-state index in [2.05, 4.69) is 5.43 Å². The second-order valence-corrected chi connectivity index (χ2v) is 3.98. The number of rotatable bonds is 4. The largest absolute Gasteiger partial charge is 0.496 e. The van der Waals surface area contributed by atoms with Crippen LogP contribution >= 0.6 is 11.6 Å². The van der Waals surface area contributed by atoms with Crippen molar-refractivity contribution in [3.8, 4) is 5.75 Å². The van der Waals surface area contributed by atoms with E-state index in [1.54, 1.807) is 25.7 Å². The smallest absolute Gasteiger partial charge is 0.124 e. The molecule has 0 aliphatic carbocycles. The summed E-state index contributed by atoms with van der Waals surface area (Å²) in [5.41, 5.74) is 4.50. The standard InChI is InChI=1S/C12H13ClN2O2/c1-16-11-3-2-9(13)6-10(11)12(15-14)8-4-5-17-7-8/h2-7,12,15H,14H2,1H3. The van der Waals surface area contributed by atoms with Crippen molar-refractivity contribution >= 4 is 11.6 Å². The fourth-order valence-corrected chi connectivity index (χ4v) is 1.92. The zero-order valence-electron chi connectivity index (χ0n) is 9.31. The first kappa shape index (κ1) is 12.0. The van der Waals surface area contributed by atoms with E-state index in [0.717, 1.165) is 16.9 Å². The van der Waals surface area contributed by atoms with Gasteiger partial charge in [0.2, 0.25) is 0 Å². The third-order valence-electron chi connectivity index (χ3n) is 2.55. The van der Waals surface area contributed by atoms with E-state index in [0.29, 0.717) is 5.02 Å². The molecule has 1 aromatic carbocycles. The third kappa shape index (κ3) is 2.44. The zero-order valence-corrected chi connectivity index (χ0v) is 10.1. The van der Waals surface area contributed by atoms with Gasteiger partial charge in [0.25, 0.3) is 0 Å². The number of nitrogens with two attached hydrogens (primary N) is 1. The lowest BCUT2D eigenvalue weighted by Gasteiger charge is -2.18. The average molecular weight is 253 g/mol. The first-order valence-electron chi connectivity index (χ1n) is 5.08. The highest BCUT2D eigenvalue weighted by Gasteiger charge is 2.18. The molecule has 0 aliphatic heterocycles. The van der Waals surface area contributed by atoms with Crippen LogP contribution in [0.2, 0.25) is 5.02 Å². The summed E-state index contributed by atoms with van der Waals surface area (Å²) >= 11 is 5.99. The van der Waals surface area contributed by atoms with E-state index in [4.69, 9.17) is 26.6 Å². The first-order chi connectivity index (χ1) is 8.26. The van der Waals surface area contributed by atoms with Crippen LogP contribution in [0.15, 0.2) is 41.2 Å². The number of ether oxygens (including phenoxy) is 1. The summed E-state index contributed by atoms with van der Waals surface area (Å²) < 4.78 is 10.3. The number of methoxy groups -OCH3 is 1.